The molecule has 0 bridgehead atoms. The van der Waals surface area contributed by atoms with Crippen LogP contribution in [0.25, 0.3) is 0 Å². The van der Waals surface area contributed by atoms with Crippen molar-refractivity contribution in [2.24, 2.45) is 5.92 Å². The van der Waals surface area contributed by atoms with Crippen molar-refractivity contribution >= 4 is 15.9 Å². The van der Waals surface area contributed by atoms with E-state index in [0.29, 0.717) is 12.3 Å². The highest BCUT2D eigenvalue weighted by molar-refractivity contribution is 7.89. The maximum atomic E-state index is 11.9. The molecule has 1 rings (SSSR count). The van der Waals surface area contributed by atoms with Crippen LogP contribution in [0.15, 0.2) is 0 Å². The standard InChI is InChI=1S/C14H29N3O3S/c1-3-12(2)17-14(18)6-10-16-21(19,20)11-7-13-4-8-15-9-5-13/h12-13,15-16H,3-11H2,1-2H3,(H,17,18). The second-order valence-corrected chi connectivity index (χ2v) is 7.75. The SMILES string of the molecule is CCC(C)NC(=O)CCNS(=O)(=O)CCC1CCNCC1. The number of carbonyl (C=O) groups excluding carboxylic acids is 1. The Morgan fingerprint density at radius 2 is 2.00 bits per heavy atom. The smallest absolute Gasteiger partial charge is 0.221 e. The third kappa shape index (κ3) is 8.38. The third-order valence-electron chi connectivity index (χ3n) is 3.95. The lowest BCUT2D eigenvalue weighted by molar-refractivity contribution is -0.121. The summed E-state index contributed by atoms with van der Waals surface area (Å²) in [6.45, 7) is 6.06. The second kappa shape index (κ2) is 9.38. The van der Waals surface area contributed by atoms with Gasteiger partial charge in [-0.2, -0.15) is 0 Å². The molecule has 0 aromatic carbocycles. The van der Waals surface area contributed by atoms with E-state index in [9.17, 15) is 13.2 Å². The van der Waals surface area contributed by atoms with E-state index in [1.54, 1.807) is 0 Å². The average molecular weight is 319 g/mol. The molecule has 124 valence electrons. The maximum absolute atomic E-state index is 11.9. The van der Waals surface area contributed by atoms with Crippen molar-refractivity contribution < 1.29 is 13.2 Å². The Hall–Kier alpha value is -0.660. The molecule has 1 atom stereocenters. The first-order valence-corrected chi connectivity index (χ1v) is 9.55. The number of hydrogen-bond donors (Lipinski definition) is 3. The molecule has 1 fully saturated rings. The zero-order valence-corrected chi connectivity index (χ0v) is 14.0. The van der Waals surface area contributed by atoms with Crippen LogP contribution in [0.2, 0.25) is 0 Å². The highest BCUT2D eigenvalue weighted by Gasteiger charge is 2.17. The molecule has 1 heterocycles. The predicted octanol–water partition coefficient (Wildman–Crippen LogP) is 0.600. The normalized spacial score (nSPS) is 18.4. The van der Waals surface area contributed by atoms with Crippen LogP contribution in [0.1, 0.15) is 46.0 Å². The van der Waals surface area contributed by atoms with Gasteiger partial charge in [0.1, 0.15) is 0 Å². The summed E-state index contributed by atoms with van der Waals surface area (Å²) in [6.07, 6.45) is 3.86. The van der Waals surface area contributed by atoms with Crippen LogP contribution in [-0.2, 0) is 14.8 Å². The quantitative estimate of drug-likeness (QED) is 0.581. The van der Waals surface area contributed by atoms with Crippen molar-refractivity contribution in [2.45, 2.75) is 52.0 Å². The van der Waals surface area contributed by atoms with E-state index < -0.39 is 10.0 Å². The molecule has 7 heteroatoms. The molecule has 1 unspecified atom stereocenters. The molecule has 1 aliphatic rings. The van der Waals surface area contributed by atoms with Crippen molar-refractivity contribution in [1.29, 1.82) is 0 Å². The number of sulfonamides is 1. The zero-order chi connectivity index (χ0) is 15.7. The number of carbonyl (C=O) groups is 1. The van der Waals surface area contributed by atoms with Crippen LogP contribution in [0.4, 0.5) is 0 Å². The van der Waals surface area contributed by atoms with Crippen molar-refractivity contribution in [1.82, 2.24) is 15.4 Å². The largest absolute Gasteiger partial charge is 0.354 e. The molecule has 1 saturated heterocycles. The number of piperidine rings is 1. The van der Waals surface area contributed by atoms with E-state index in [1.165, 1.54) is 0 Å². The highest BCUT2D eigenvalue weighted by atomic mass is 32.2. The molecule has 0 saturated carbocycles. The molecule has 0 spiro atoms. The van der Waals surface area contributed by atoms with E-state index in [2.05, 4.69) is 15.4 Å². The number of rotatable bonds is 9. The molecule has 0 aromatic heterocycles. The van der Waals surface area contributed by atoms with Gasteiger partial charge in [0.15, 0.2) is 0 Å². The summed E-state index contributed by atoms with van der Waals surface area (Å²) >= 11 is 0. The fourth-order valence-electron chi connectivity index (χ4n) is 2.33. The average Bonchev–Trinajstić information content (AvgIpc) is 2.46. The Morgan fingerprint density at radius 3 is 2.62 bits per heavy atom. The lowest BCUT2D eigenvalue weighted by atomic mass is 9.96. The van der Waals surface area contributed by atoms with Crippen molar-refractivity contribution in [3.05, 3.63) is 0 Å². The van der Waals surface area contributed by atoms with Gasteiger partial charge < -0.3 is 10.6 Å². The van der Waals surface area contributed by atoms with Gasteiger partial charge in [0.05, 0.1) is 5.75 Å². The summed E-state index contributed by atoms with van der Waals surface area (Å²) in [7, 11) is -3.26. The summed E-state index contributed by atoms with van der Waals surface area (Å²) in [5, 5.41) is 6.09. The summed E-state index contributed by atoms with van der Waals surface area (Å²) in [5.41, 5.74) is 0. The summed E-state index contributed by atoms with van der Waals surface area (Å²) in [6, 6.07) is 0.133. The van der Waals surface area contributed by atoms with Crippen molar-refractivity contribution in [2.75, 3.05) is 25.4 Å². The third-order valence-corrected chi connectivity index (χ3v) is 5.36. The minimum atomic E-state index is -3.26. The topological polar surface area (TPSA) is 87.3 Å². The Labute approximate surface area is 128 Å². The van der Waals surface area contributed by atoms with Crippen LogP contribution in [0.3, 0.4) is 0 Å². The van der Waals surface area contributed by atoms with Crippen LogP contribution in [0, 0.1) is 5.92 Å². The molecular formula is C14H29N3O3S. The van der Waals surface area contributed by atoms with E-state index in [4.69, 9.17) is 0 Å². The van der Waals surface area contributed by atoms with E-state index >= 15 is 0 Å². The number of hydrogen-bond acceptors (Lipinski definition) is 4. The Kier molecular flexibility index (Phi) is 8.21. The lowest BCUT2D eigenvalue weighted by Crippen LogP contribution is -2.36. The first-order chi connectivity index (χ1) is 9.93. The number of amides is 1. The molecule has 1 aliphatic heterocycles. The monoisotopic (exact) mass is 319 g/mol. The van der Waals surface area contributed by atoms with Crippen LogP contribution >= 0.6 is 0 Å². The van der Waals surface area contributed by atoms with E-state index in [0.717, 1.165) is 32.4 Å². The molecule has 0 aliphatic carbocycles. The molecule has 21 heavy (non-hydrogen) atoms. The van der Waals surface area contributed by atoms with Crippen LogP contribution < -0.4 is 15.4 Å². The predicted molar refractivity (Wildman–Crippen MR) is 84.5 cm³/mol. The number of nitrogens with one attached hydrogen (secondary N) is 3. The van der Waals surface area contributed by atoms with Gasteiger partial charge in [0.2, 0.25) is 15.9 Å². The van der Waals surface area contributed by atoms with Gasteiger partial charge in [-0.15, -0.1) is 0 Å². The van der Waals surface area contributed by atoms with Crippen LogP contribution in [-0.4, -0.2) is 45.8 Å². The van der Waals surface area contributed by atoms with Crippen molar-refractivity contribution in [3.8, 4) is 0 Å². The fraction of sp³-hybridized carbons (Fsp3) is 0.929. The summed E-state index contributed by atoms with van der Waals surface area (Å²) in [4.78, 5) is 11.6. The van der Waals surface area contributed by atoms with Gasteiger partial charge in [-0.25, -0.2) is 13.1 Å². The van der Waals surface area contributed by atoms with E-state index in [-0.39, 0.29) is 30.7 Å². The van der Waals surface area contributed by atoms with Crippen LogP contribution in [0.5, 0.6) is 0 Å². The first kappa shape index (κ1) is 18.4. The minimum Gasteiger partial charge on any atom is -0.354 e. The maximum Gasteiger partial charge on any atom is 0.221 e. The molecule has 3 N–H and O–H groups in total. The molecule has 6 nitrogen and oxygen atoms in total. The lowest BCUT2D eigenvalue weighted by Gasteiger charge is -2.22. The Morgan fingerprint density at radius 1 is 1.33 bits per heavy atom. The van der Waals surface area contributed by atoms with Gasteiger partial charge >= 0.3 is 0 Å². The minimum absolute atomic E-state index is 0.106. The summed E-state index contributed by atoms with van der Waals surface area (Å²) < 4.78 is 26.3. The first-order valence-electron chi connectivity index (χ1n) is 7.90. The second-order valence-electron chi connectivity index (χ2n) is 5.82. The van der Waals surface area contributed by atoms with Gasteiger partial charge in [-0.05, 0) is 51.6 Å². The fourth-order valence-corrected chi connectivity index (χ4v) is 3.53. The van der Waals surface area contributed by atoms with E-state index in [1.807, 2.05) is 13.8 Å². The molecular weight excluding hydrogens is 290 g/mol. The summed E-state index contributed by atoms with van der Waals surface area (Å²) in [5.74, 6) is 0.548. The Bertz CT molecular complexity index is 406. The Balaban J connectivity index is 2.18. The van der Waals surface area contributed by atoms with Gasteiger partial charge in [0.25, 0.3) is 0 Å². The van der Waals surface area contributed by atoms with Gasteiger partial charge in [-0.1, -0.05) is 6.92 Å². The molecule has 0 aromatic rings. The van der Waals surface area contributed by atoms with Crippen molar-refractivity contribution in [3.63, 3.8) is 0 Å². The van der Waals surface area contributed by atoms with Gasteiger partial charge in [0, 0.05) is 19.0 Å². The molecule has 0 radical (unpaired) electrons. The highest BCUT2D eigenvalue weighted by Crippen LogP contribution is 2.16. The zero-order valence-electron chi connectivity index (χ0n) is 13.2. The van der Waals surface area contributed by atoms with Gasteiger partial charge in [-0.3, -0.25) is 4.79 Å². The molecule has 1 amide bonds.